The van der Waals surface area contributed by atoms with Gasteiger partial charge in [-0.2, -0.15) is 0 Å². The van der Waals surface area contributed by atoms with E-state index in [2.05, 4.69) is 65.3 Å². The van der Waals surface area contributed by atoms with Gasteiger partial charge in [0, 0.05) is 56.1 Å². The first-order chi connectivity index (χ1) is 24.4. The van der Waals surface area contributed by atoms with E-state index in [9.17, 15) is 19.5 Å². The molecular weight excluding hydrogens is 622 g/mol. The van der Waals surface area contributed by atoms with Crippen molar-refractivity contribution in [2.45, 2.75) is 52.1 Å². The van der Waals surface area contributed by atoms with Gasteiger partial charge in [-0.15, -0.1) is 0 Å². The lowest BCUT2D eigenvalue weighted by Crippen LogP contribution is -2.49. The molecule has 1 N–H and O–H groups in total. The summed E-state index contributed by atoms with van der Waals surface area (Å²) in [6, 6.07) is 30.7. The van der Waals surface area contributed by atoms with Crippen LogP contribution in [0.15, 0.2) is 91.0 Å². The van der Waals surface area contributed by atoms with Crippen LogP contribution in [0.1, 0.15) is 87.6 Å². The minimum absolute atomic E-state index is 0.163. The summed E-state index contributed by atoms with van der Waals surface area (Å²) in [5.74, 6) is 0.428. The molecule has 7 nitrogen and oxygen atoms in total. The third-order valence-corrected chi connectivity index (χ3v) is 11.3. The first-order valence-corrected chi connectivity index (χ1v) is 17.9. The highest BCUT2D eigenvalue weighted by atomic mass is 16.3. The second kappa shape index (κ2) is 14.5. The van der Waals surface area contributed by atoms with Crippen molar-refractivity contribution in [2.24, 2.45) is 5.41 Å². The zero-order valence-electron chi connectivity index (χ0n) is 28.8. The number of carbonyl (C=O) groups is 3. The molecule has 0 atom stereocenters. The van der Waals surface area contributed by atoms with Crippen molar-refractivity contribution in [3.05, 3.63) is 130 Å². The number of fused-ring (bicyclic) bond motifs is 1. The smallest absolute Gasteiger partial charge is 0.236 e. The molecule has 7 heteroatoms. The maximum Gasteiger partial charge on any atom is 0.236 e. The number of hydrogen-bond donors (Lipinski definition) is 1. The lowest BCUT2D eigenvalue weighted by atomic mass is 9.71. The van der Waals surface area contributed by atoms with Crippen molar-refractivity contribution < 1.29 is 19.5 Å². The fourth-order valence-corrected chi connectivity index (χ4v) is 8.28. The Morgan fingerprint density at radius 1 is 0.720 bits per heavy atom. The van der Waals surface area contributed by atoms with E-state index in [1.807, 2.05) is 23.1 Å². The van der Waals surface area contributed by atoms with Crippen LogP contribution in [0.4, 0.5) is 5.69 Å². The molecule has 7 rings (SSSR count). The molecule has 1 amide bonds. The minimum atomic E-state index is 0.163. The van der Waals surface area contributed by atoms with Gasteiger partial charge in [-0.25, -0.2) is 0 Å². The number of nitrogens with zero attached hydrogens (tertiary/aromatic N) is 3. The number of likely N-dealkylation sites (tertiary alicyclic amines) is 1. The summed E-state index contributed by atoms with van der Waals surface area (Å²) < 4.78 is 0. The van der Waals surface area contributed by atoms with Gasteiger partial charge in [0.25, 0.3) is 0 Å². The second-order valence-corrected chi connectivity index (χ2v) is 14.2. The van der Waals surface area contributed by atoms with E-state index >= 15 is 0 Å². The maximum atomic E-state index is 13.3. The summed E-state index contributed by atoms with van der Waals surface area (Å²) in [7, 11) is 0. The number of allylic oxidation sites excluding steroid dienone is 1. The van der Waals surface area contributed by atoms with Crippen LogP contribution < -0.4 is 4.90 Å². The SMILES string of the molecule is CC/C(=C(\c1ccc(O)cc1)c1ccc(N2CCC3(CCN(C(=O)CN4Cc5cc(C=O)c(C=O)cc5C4)CC3)CC2)cc1)c1ccccc1. The van der Waals surface area contributed by atoms with Gasteiger partial charge in [0.2, 0.25) is 5.91 Å². The summed E-state index contributed by atoms with van der Waals surface area (Å²) in [6.07, 6.45) is 6.67. The van der Waals surface area contributed by atoms with Crippen molar-refractivity contribution in [1.82, 2.24) is 9.80 Å². The van der Waals surface area contributed by atoms with Crippen LogP contribution in [0, 0.1) is 5.41 Å². The standard InChI is InChI=1S/C43H45N3O4/c1-2-40(31-6-4-3-5-7-31)42(33-10-14-39(49)15-11-33)32-8-12-38(13-9-32)45-20-16-43(17-21-45)18-22-46(23-19-43)41(50)28-44-26-34-24-36(29-47)37(30-48)25-35(34)27-44/h3-15,24-25,29-30,49H,2,16-23,26-28H2,1H3/b42-40+. The number of amides is 1. The first-order valence-electron chi connectivity index (χ1n) is 17.9. The normalized spacial score (nSPS) is 17.7. The summed E-state index contributed by atoms with van der Waals surface area (Å²) in [5.41, 5.74) is 10.3. The monoisotopic (exact) mass is 667 g/mol. The van der Waals surface area contributed by atoms with Crippen LogP contribution in [0.3, 0.4) is 0 Å². The van der Waals surface area contributed by atoms with Crippen molar-refractivity contribution in [1.29, 1.82) is 0 Å². The molecule has 0 unspecified atom stereocenters. The minimum Gasteiger partial charge on any atom is -0.508 e. The molecule has 0 aliphatic carbocycles. The predicted molar refractivity (Wildman–Crippen MR) is 198 cm³/mol. The summed E-state index contributed by atoms with van der Waals surface area (Å²) in [5, 5.41) is 9.98. The van der Waals surface area contributed by atoms with Crippen LogP contribution in [-0.2, 0) is 17.9 Å². The Labute approximate surface area is 294 Å². The number of aromatic hydroxyl groups is 1. The van der Waals surface area contributed by atoms with Gasteiger partial charge in [-0.3, -0.25) is 19.3 Å². The quantitative estimate of drug-likeness (QED) is 0.146. The molecule has 2 fully saturated rings. The average Bonchev–Trinajstić information content (AvgIpc) is 3.55. The molecule has 0 aromatic heterocycles. The van der Waals surface area contributed by atoms with E-state index < -0.39 is 0 Å². The predicted octanol–water partition coefficient (Wildman–Crippen LogP) is 7.61. The number of aldehydes is 2. The number of phenolic OH excluding ortho intramolecular Hbond substituents is 1. The molecule has 3 aliphatic rings. The lowest BCUT2D eigenvalue weighted by Gasteiger charge is -2.47. The Bertz CT molecular complexity index is 1840. The Balaban J connectivity index is 0.964. The number of hydrogen-bond acceptors (Lipinski definition) is 6. The molecule has 256 valence electrons. The third kappa shape index (κ3) is 6.88. The van der Waals surface area contributed by atoms with Gasteiger partial charge in [0.1, 0.15) is 5.75 Å². The van der Waals surface area contributed by atoms with Crippen LogP contribution in [0.5, 0.6) is 5.75 Å². The van der Waals surface area contributed by atoms with E-state index in [4.69, 9.17) is 0 Å². The fraction of sp³-hybridized carbons (Fsp3) is 0.326. The molecule has 0 saturated carbocycles. The largest absolute Gasteiger partial charge is 0.508 e. The highest BCUT2D eigenvalue weighted by molar-refractivity contribution is 5.98. The summed E-state index contributed by atoms with van der Waals surface area (Å²) in [4.78, 5) is 42.8. The van der Waals surface area contributed by atoms with Gasteiger partial charge in [0.05, 0.1) is 6.54 Å². The molecule has 1 spiro atoms. The summed E-state index contributed by atoms with van der Waals surface area (Å²) in [6.45, 7) is 7.41. The zero-order valence-corrected chi connectivity index (χ0v) is 28.8. The van der Waals surface area contributed by atoms with Gasteiger partial charge >= 0.3 is 0 Å². The number of phenols is 1. The second-order valence-electron chi connectivity index (χ2n) is 14.2. The maximum absolute atomic E-state index is 13.3. The summed E-state index contributed by atoms with van der Waals surface area (Å²) >= 11 is 0. The van der Waals surface area contributed by atoms with Crippen LogP contribution in [0.25, 0.3) is 11.1 Å². The van der Waals surface area contributed by atoms with E-state index in [-0.39, 0.29) is 17.1 Å². The number of piperidine rings is 2. The van der Waals surface area contributed by atoms with E-state index in [1.54, 1.807) is 24.3 Å². The Morgan fingerprint density at radius 2 is 1.26 bits per heavy atom. The van der Waals surface area contributed by atoms with Crippen molar-refractivity contribution in [3.8, 4) is 5.75 Å². The number of benzene rings is 4. The van der Waals surface area contributed by atoms with Crippen LogP contribution >= 0.6 is 0 Å². The molecule has 3 aliphatic heterocycles. The van der Waals surface area contributed by atoms with Crippen molar-refractivity contribution in [2.75, 3.05) is 37.6 Å². The first kappa shape index (κ1) is 33.5. The fourth-order valence-electron chi connectivity index (χ4n) is 8.28. The molecular formula is C43H45N3O4. The number of carbonyl (C=O) groups excluding carboxylic acids is 3. The number of anilines is 1. The van der Waals surface area contributed by atoms with Gasteiger partial charge in [0.15, 0.2) is 12.6 Å². The van der Waals surface area contributed by atoms with Crippen LogP contribution in [0.2, 0.25) is 0 Å². The molecule has 0 radical (unpaired) electrons. The Kier molecular flexibility index (Phi) is 9.68. The zero-order chi connectivity index (χ0) is 34.7. The molecule has 4 aromatic rings. The molecule has 4 aromatic carbocycles. The molecule has 2 saturated heterocycles. The highest BCUT2D eigenvalue weighted by Gasteiger charge is 2.39. The molecule has 3 heterocycles. The topological polar surface area (TPSA) is 81.2 Å². The molecule has 0 bridgehead atoms. The Morgan fingerprint density at radius 3 is 1.80 bits per heavy atom. The third-order valence-electron chi connectivity index (χ3n) is 11.3. The van der Waals surface area contributed by atoms with Gasteiger partial charge in [-0.05, 0) is 113 Å². The Hall–Kier alpha value is -5.01. The number of rotatable bonds is 9. The highest BCUT2D eigenvalue weighted by Crippen LogP contribution is 2.43. The lowest BCUT2D eigenvalue weighted by molar-refractivity contribution is -0.135. The van der Waals surface area contributed by atoms with Crippen molar-refractivity contribution >= 4 is 35.3 Å². The van der Waals surface area contributed by atoms with E-state index in [0.717, 1.165) is 87.5 Å². The van der Waals surface area contributed by atoms with Gasteiger partial charge < -0.3 is 14.9 Å². The van der Waals surface area contributed by atoms with Crippen LogP contribution in [-0.4, -0.2) is 66.1 Å². The van der Waals surface area contributed by atoms with Crippen molar-refractivity contribution in [3.63, 3.8) is 0 Å². The van der Waals surface area contributed by atoms with Gasteiger partial charge in [-0.1, -0.05) is 61.5 Å². The van der Waals surface area contributed by atoms with E-state index in [1.165, 1.54) is 28.0 Å². The van der Waals surface area contributed by atoms with E-state index in [0.29, 0.717) is 30.8 Å². The molecule has 50 heavy (non-hydrogen) atoms. The average molecular weight is 668 g/mol.